The van der Waals surface area contributed by atoms with Gasteiger partial charge in [-0.05, 0) is 0 Å². The van der Waals surface area contributed by atoms with E-state index in [1.165, 1.54) is 0 Å². The van der Waals surface area contributed by atoms with E-state index >= 15 is 0 Å². The zero-order valence-electron chi connectivity index (χ0n) is 4.44. The molecule has 1 aromatic rings. The first-order valence-corrected chi connectivity index (χ1v) is 4.28. The SMILES string of the molecule is Fc1nc(Cl)sc1C(Cl)Cl. The fourth-order valence-electron chi connectivity index (χ4n) is 0.423. The number of halogens is 4. The zero-order valence-corrected chi connectivity index (χ0v) is 7.53. The lowest BCUT2D eigenvalue weighted by Crippen LogP contribution is -1.80. The van der Waals surface area contributed by atoms with Crippen LogP contribution in [0.15, 0.2) is 0 Å². The van der Waals surface area contributed by atoms with E-state index in [0.29, 0.717) is 0 Å². The average Bonchev–Trinajstić information content (AvgIpc) is 2.10. The first-order chi connectivity index (χ1) is 4.61. The molecule has 0 bridgehead atoms. The van der Waals surface area contributed by atoms with Crippen molar-refractivity contribution in [2.24, 2.45) is 0 Å². The Balaban J connectivity index is 3.03. The lowest BCUT2D eigenvalue weighted by atomic mass is 10.6. The third kappa shape index (κ3) is 1.72. The second-order valence-electron chi connectivity index (χ2n) is 1.42. The van der Waals surface area contributed by atoms with Gasteiger partial charge < -0.3 is 0 Å². The summed E-state index contributed by atoms with van der Waals surface area (Å²) in [5.41, 5.74) is 0. The molecule has 1 heterocycles. The fourth-order valence-corrected chi connectivity index (χ4v) is 1.72. The van der Waals surface area contributed by atoms with Crippen molar-refractivity contribution >= 4 is 46.1 Å². The second kappa shape index (κ2) is 3.22. The molecule has 1 nitrogen and oxygen atoms in total. The number of rotatable bonds is 1. The molecule has 0 unspecified atom stereocenters. The molecule has 10 heavy (non-hydrogen) atoms. The van der Waals surface area contributed by atoms with Gasteiger partial charge in [0.1, 0.15) is 4.84 Å². The lowest BCUT2D eigenvalue weighted by molar-refractivity contribution is 0.582. The van der Waals surface area contributed by atoms with Crippen LogP contribution in [0.2, 0.25) is 4.47 Å². The van der Waals surface area contributed by atoms with Crippen LogP contribution in [-0.4, -0.2) is 4.98 Å². The van der Waals surface area contributed by atoms with Crippen LogP contribution in [0.25, 0.3) is 0 Å². The monoisotopic (exact) mass is 219 g/mol. The highest BCUT2D eigenvalue weighted by Crippen LogP contribution is 2.33. The molecule has 0 aliphatic carbocycles. The summed E-state index contributed by atoms with van der Waals surface area (Å²) >= 11 is 17.0. The quantitative estimate of drug-likeness (QED) is 0.661. The molecule has 0 aliphatic heterocycles. The van der Waals surface area contributed by atoms with E-state index in [9.17, 15) is 4.39 Å². The van der Waals surface area contributed by atoms with Gasteiger partial charge in [-0.15, -0.1) is 11.3 Å². The summed E-state index contributed by atoms with van der Waals surface area (Å²) in [6.07, 6.45) is 0. The summed E-state index contributed by atoms with van der Waals surface area (Å²) in [4.78, 5) is 2.56. The molecule has 6 heteroatoms. The molecule has 1 aromatic heterocycles. The minimum absolute atomic E-state index is 0.110. The van der Waals surface area contributed by atoms with Crippen molar-refractivity contribution in [1.29, 1.82) is 0 Å². The lowest BCUT2D eigenvalue weighted by Gasteiger charge is -1.91. The van der Waals surface area contributed by atoms with Crippen LogP contribution in [0.5, 0.6) is 0 Å². The Hall–Kier alpha value is 0.430. The van der Waals surface area contributed by atoms with Crippen molar-refractivity contribution in [3.63, 3.8) is 0 Å². The molecule has 0 saturated carbocycles. The van der Waals surface area contributed by atoms with Crippen LogP contribution in [0.1, 0.15) is 9.71 Å². The molecule has 0 atom stereocenters. The van der Waals surface area contributed by atoms with Crippen molar-refractivity contribution in [1.82, 2.24) is 4.98 Å². The Bertz CT molecular complexity index is 236. The maximum Gasteiger partial charge on any atom is 0.231 e. The van der Waals surface area contributed by atoms with E-state index in [-0.39, 0.29) is 9.34 Å². The highest BCUT2D eigenvalue weighted by atomic mass is 35.5. The molecular weight excluding hydrogens is 219 g/mol. The Morgan fingerprint density at radius 1 is 1.50 bits per heavy atom. The fraction of sp³-hybridized carbons (Fsp3) is 0.250. The van der Waals surface area contributed by atoms with Crippen molar-refractivity contribution in [2.75, 3.05) is 0 Å². The van der Waals surface area contributed by atoms with Gasteiger partial charge in [-0.2, -0.15) is 9.37 Å². The van der Waals surface area contributed by atoms with E-state index in [4.69, 9.17) is 34.8 Å². The first-order valence-electron chi connectivity index (χ1n) is 2.21. The summed E-state index contributed by atoms with van der Waals surface area (Å²) in [5.74, 6) is -0.690. The number of nitrogens with zero attached hydrogens (tertiary/aromatic N) is 1. The highest BCUT2D eigenvalue weighted by Gasteiger charge is 2.15. The summed E-state index contributed by atoms with van der Waals surface area (Å²) in [6, 6.07) is 0. The largest absolute Gasteiger partial charge is 0.231 e. The van der Waals surface area contributed by atoms with Gasteiger partial charge in [0.15, 0.2) is 4.47 Å². The highest BCUT2D eigenvalue weighted by molar-refractivity contribution is 7.16. The third-order valence-corrected chi connectivity index (χ3v) is 2.68. The molecule has 0 radical (unpaired) electrons. The van der Waals surface area contributed by atoms with Crippen molar-refractivity contribution in [2.45, 2.75) is 4.84 Å². The predicted molar refractivity (Wildman–Crippen MR) is 41.5 cm³/mol. The topological polar surface area (TPSA) is 12.9 Å². The van der Waals surface area contributed by atoms with Crippen LogP contribution >= 0.6 is 46.1 Å². The number of aromatic nitrogens is 1. The van der Waals surface area contributed by atoms with E-state index in [2.05, 4.69) is 4.98 Å². The number of hydrogen-bond acceptors (Lipinski definition) is 2. The molecule has 0 aliphatic rings. The summed E-state index contributed by atoms with van der Waals surface area (Å²) in [7, 11) is 0. The van der Waals surface area contributed by atoms with Crippen molar-refractivity contribution in [3.8, 4) is 0 Å². The van der Waals surface area contributed by atoms with Crippen LogP contribution in [0.3, 0.4) is 0 Å². The Kier molecular flexibility index (Phi) is 2.74. The average molecular weight is 220 g/mol. The Morgan fingerprint density at radius 3 is 2.30 bits per heavy atom. The summed E-state index contributed by atoms with van der Waals surface area (Å²) < 4.78 is 12.6. The molecule has 0 amide bonds. The van der Waals surface area contributed by atoms with E-state index in [1.807, 2.05) is 0 Å². The standard InChI is InChI=1S/C4HCl3FNS/c5-2(6)1-3(8)9-4(7)10-1/h2H. The molecule has 0 aromatic carbocycles. The summed E-state index contributed by atoms with van der Waals surface area (Å²) in [6.45, 7) is 0. The Morgan fingerprint density at radius 2 is 2.10 bits per heavy atom. The zero-order chi connectivity index (χ0) is 7.72. The molecular formula is C4HCl3FNS. The van der Waals surface area contributed by atoms with Gasteiger partial charge >= 0.3 is 0 Å². The first kappa shape index (κ1) is 8.53. The number of hydrogen-bond donors (Lipinski definition) is 0. The van der Waals surface area contributed by atoms with Gasteiger partial charge in [-0.25, -0.2) is 0 Å². The minimum atomic E-state index is -0.884. The predicted octanol–water partition coefficient (Wildman–Crippen LogP) is 3.41. The van der Waals surface area contributed by atoms with Crippen LogP contribution < -0.4 is 0 Å². The molecule has 0 fully saturated rings. The van der Waals surface area contributed by atoms with Gasteiger partial charge in [0.25, 0.3) is 0 Å². The number of thiazole rings is 1. The smallest absolute Gasteiger partial charge is 0.196 e. The van der Waals surface area contributed by atoms with E-state index in [1.54, 1.807) is 0 Å². The van der Waals surface area contributed by atoms with Gasteiger partial charge in [0.05, 0.1) is 4.88 Å². The molecule has 1 rings (SSSR count). The van der Waals surface area contributed by atoms with Crippen LogP contribution in [0, 0.1) is 5.95 Å². The molecule has 0 spiro atoms. The third-order valence-electron chi connectivity index (χ3n) is 0.782. The van der Waals surface area contributed by atoms with Gasteiger partial charge in [-0.1, -0.05) is 34.8 Å². The van der Waals surface area contributed by atoms with Gasteiger partial charge in [0, 0.05) is 0 Å². The normalized spacial score (nSPS) is 10.9. The Labute approximate surface area is 75.7 Å². The van der Waals surface area contributed by atoms with Gasteiger partial charge in [0.2, 0.25) is 5.95 Å². The van der Waals surface area contributed by atoms with Crippen LogP contribution in [-0.2, 0) is 0 Å². The molecule has 0 N–H and O–H groups in total. The van der Waals surface area contributed by atoms with E-state index < -0.39 is 10.8 Å². The van der Waals surface area contributed by atoms with Crippen molar-refractivity contribution < 1.29 is 4.39 Å². The van der Waals surface area contributed by atoms with Gasteiger partial charge in [-0.3, -0.25) is 0 Å². The molecule has 56 valence electrons. The molecule has 0 saturated heterocycles. The summed E-state index contributed by atoms with van der Waals surface area (Å²) in [5, 5.41) is 0. The van der Waals surface area contributed by atoms with Crippen molar-refractivity contribution in [3.05, 3.63) is 15.3 Å². The van der Waals surface area contributed by atoms with E-state index in [0.717, 1.165) is 11.3 Å². The second-order valence-corrected chi connectivity index (χ2v) is 4.13. The maximum absolute atomic E-state index is 12.5. The van der Waals surface area contributed by atoms with Crippen LogP contribution in [0.4, 0.5) is 4.39 Å². The minimum Gasteiger partial charge on any atom is -0.196 e. The number of alkyl halides is 2. The maximum atomic E-state index is 12.5.